The molecule has 0 atom stereocenters. The minimum absolute atomic E-state index is 0.126. The summed E-state index contributed by atoms with van der Waals surface area (Å²) in [5, 5.41) is 0.347. The average molecular weight is 344 g/mol. The van der Waals surface area contributed by atoms with E-state index in [0.29, 0.717) is 32.7 Å². The monoisotopic (exact) mass is 342 g/mol. The molecule has 2 aromatic rings. The molecule has 0 heterocycles. The van der Waals surface area contributed by atoms with Gasteiger partial charge in [0.05, 0.1) is 10.6 Å². The summed E-state index contributed by atoms with van der Waals surface area (Å²) in [5.41, 5.74) is 1.01. The van der Waals surface area contributed by atoms with Crippen LogP contribution in [0.3, 0.4) is 0 Å². The number of aldehydes is 1. The summed E-state index contributed by atoms with van der Waals surface area (Å²) in [6.07, 6.45) is 0.669. The zero-order chi connectivity index (χ0) is 13.8. The van der Waals surface area contributed by atoms with Gasteiger partial charge in [-0.3, -0.25) is 4.79 Å². The van der Waals surface area contributed by atoms with Crippen LogP contribution in [0.4, 0.5) is 4.39 Å². The zero-order valence-corrected chi connectivity index (χ0v) is 12.0. The summed E-state index contributed by atoms with van der Waals surface area (Å²) in [4.78, 5) is 10.9. The van der Waals surface area contributed by atoms with Crippen LogP contribution in [0, 0.1) is 5.82 Å². The molecular formula is C14H9BrClFO2. The Morgan fingerprint density at radius 3 is 2.79 bits per heavy atom. The maximum absolute atomic E-state index is 13.2. The van der Waals surface area contributed by atoms with E-state index in [0.717, 1.165) is 0 Å². The number of carbonyl (C=O) groups excluding carboxylic acids is 1. The molecule has 0 amide bonds. The molecule has 5 heteroatoms. The van der Waals surface area contributed by atoms with Gasteiger partial charge in [-0.1, -0.05) is 33.6 Å². The van der Waals surface area contributed by atoms with Gasteiger partial charge in [-0.2, -0.15) is 0 Å². The number of carbonyl (C=O) groups is 1. The van der Waals surface area contributed by atoms with E-state index in [9.17, 15) is 9.18 Å². The SMILES string of the molecule is O=Cc1cccc(Cl)c1OCc1cc(F)cc(Br)c1. The molecule has 0 fully saturated rings. The summed E-state index contributed by atoms with van der Waals surface area (Å²) >= 11 is 9.17. The fourth-order valence-corrected chi connectivity index (χ4v) is 2.37. The second-order valence-electron chi connectivity index (χ2n) is 3.84. The Bertz CT molecular complexity index is 596. The van der Waals surface area contributed by atoms with Gasteiger partial charge in [0.2, 0.25) is 0 Å². The number of ether oxygens (including phenoxy) is 1. The van der Waals surface area contributed by atoms with Crippen molar-refractivity contribution in [1.82, 2.24) is 0 Å². The third-order valence-electron chi connectivity index (χ3n) is 2.43. The van der Waals surface area contributed by atoms with E-state index in [1.165, 1.54) is 12.1 Å². The van der Waals surface area contributed by atoms with Crippen LogP contribution < -0.4 is 4.74 Å². The number of rotatable bonds is 4. The fourth-order valence-electron chi connectivity index (χ4n) is 1.62. The summed E-state index contributed by atoms with van der Waals surface area (Å²) in [6, 6.07) is 9.36. The largest absolute Gasteiger partial charge is 0.487 e. The summed E-state index contributed by atoms with van der Waals surface area (Å²) < 4.78 is 19.3. The normalized spacial score (nSPS) is 10.3. The van der Waals surface area contributed by atoms with Crippen LogP contribution >= 0.6 is 27.5 Å². The molecule has 0 spiro atoms. The molecule has 0 saturated carbocycles. The molecule has 0 aliphatic heterocycles. The summed E-state index contributed by atoms with van der Waals surface area (Å²) in [5.74, 6) is -0.0534. The lowest BCUT2D eigenvalue weighted by molar-refractivity contribution is 0.111. The third kappa shape index (κ3) is 3.55. The van der Waals surface area contributed by atoms with Crippen molar-refractivity contribution < 1.29 is 13.9 Å². The smallest absolute Gasteiger partial charge is 0.153 e. The van der Waals surface area contributed by atoms with Crippen molar-refractivity contribution >= 4 is 33.8 Å². The summed E-state index contributed by atoms with van der Waals surface area (Å²) in [6.45, 7) is 0.126. The van der Waals surface area contributed by atoms with Gasteiger partial charge in [0.25, 0.3) is 0 Å². The van der Waals surface area contributed by atoms with Gasteiger partial charge in [-0.05, 0) is 35.9 Å². The lowest BCUT2D eigenvalue weighted by Gasteiger charge is -2.10. The van der Waals surface area contributed by atoms with Crippen LogP contribution in [0.25, 0.3) is 0 Å². The fraction of sp³-hybridized carbons (Fsp3) is 0.0714. The molecule has 98 valence electrons. The van der Waals surface area contributed by atoms with Crippen molar-refractivity contribution in [3.8, 4) is 5.75 Å². The van der Waals surface area contributed by atoms with Crippen LogP contribution in [-0.2, 0) is 6.61 Å². The Kier molecular flexibility index (Phi) is 4.56. The predicted molar refractivity (Wildman–Crippen MR) is 75.3 cm³/mol. The maximum Gasteiger partial charge on any atom is 0.153 e. The van der Waals surface area contributed by atoms with Crippen molar-refractivity contribution in [1.29, 1.82) is 0 Å². The van der Waals surface area contributed by atoms with Crippen LogP contribution in [0.2, 0.25) is 5.02 Å². The van der Waals surface area contributed by atoms with Crippen molar-refractivity contribution in [2.45, 2.75) is 6.61 Å². The molecule has 2 rings (SSSR count). The molecule has 2 aromatic carbocycles. The van der Waals surface area contributed by atoms with Gasteiger partial charge < -0.3 is 4.74 Å². The molecular weight excluding hydrogens is 335 g/mol. The number of halogens is 3. The quantitative estimate of drug-likeness (QED) is 0.756. The van der Waals surface area contributed by atoms with E-state index >= 15 is 0 Å². The van der Waals surface area contributed by atoms with Crippen molar-refractivity contribution in [2.75, 3.05) is 0 Å². The highest BCUT2D eigenvalue weighted by Gasteiger charge is 2.08. The van der Waals surface area contributed by atoms with Gasteiger partial charge >= 0.3 is 0 Å². The standard InChI is InChI=1S/C14H9BrClFO2/c15-11-4-9(5-12(17)6-11)8-19-14-10(7-18)2-1-3-13(14)16/h1-7H,8H2. The van der Waals surface area contributed by atoms with Crippen LogP contribution in [0.1, 0.15) is 15.9 Å². The number of para-hydroxylation sites is 1. The molecule has 2 nitrogen and oxygen atoms in total. The second kappa shape index (κ2) is 6.17. The highest BCUT2D eigenvalue weighted by atomic mass is 79.9. The minimum atomic E-state index is -0.359. The number of hydrogen-bond donors (Lipinski definition) is 0. The number of benzene rings is 2. The highest BCUT2D eigenvalue weighted by molar-refractivity contribution is 9.10. The highest BCUT2D eigenvalue weighted by Crippen LogP contribution is 2.28. The van der Waals surface area contributed by atoms with Gasteiger partial charge in [-0.15, -0.1) is 0 Å². The van der Waals surface area contributed by atoms with Gasteiger partial charge in [-0.25, -0.2) is 4.39 Å². The van der Waals surface area contributed by atoms with Crippen molar-refractivity contribution in [2.24, 2.45) is 0 Å². The molecule has 0 aromatic heterocycles. The van der Waals surface area contributed by atoms with Crippen LogP contribution in [0.15, 0.2) is 40.9 Å². The van der Waals surface area contributed by atoms with E-state index in [1.54, 1.807) is 24.3 Å². The van der Waals surface area contributed by atoms with E-state index in [-0.39, 0.29) is 12.4 Å². The average Bonchev–Trinajstić information content (AvgIpc) is 2.36. The van der Waals surface area contributed by atoms with E-state index < -0.39 is 0 Å². The molecule has 0 saturated heterocycles. The first kappa shape index (κ1) is 14.0. The topological polar surface area (TPSA) is 26.3 Å². The molecule has 0 bridgehead atoms. The van der Waals surface area contributed by atoms with Crippen molar-refractivity contribution in [3.63, 3.8) is 0 Å². The van der Waals surface area contributed by atoms with Crippen molar-refractivity contribution in [3.05, 3.63) is 62.8 Å². The Labute approximate surface area is 123 Å². The first-order valence-electron chi connectivity index (χ1n) is 5.41. The number of hydrogen-bond acceptors (Lipinski definition) is 2. The minimum Gasteiger partial charge on any atom is -0.487 e. The Morgan fingerprint density at radius 2 is 2.11 bits per heavy atom. The zero-order valence-electron chi connectivity index (χ0n) is 9.70. The van der Waals surface area contributed by atoms with Crippen LogP contribution in [0.5, 0.6) is 5.75 Å². The molecule has 0 aliphatic carbocycles. The molecule has 0 N–H and O–H groups in total. The molecule has 19 heavy (non-hydrogen) atoms. The van der Waals surface area contributed by atoms with Crippen LogP contribution in [-0.4, -0.2) is 6.29 Å². The first-order valence-corrected chi connectivity index (χ1v) is 6.58. The van der Waals surface area contributed by atoms with Gasteiger partial charge in [0.15, 0.2) is 6.29 Å². The molecule has 0 radical (unpaired) electrons. The first-order chi connectivity index (χ1) is 9.10. The van der Waals surface area contributed by atoms with Gasteiger partial charge in [0.1, 0.15) is 18.2 Å². The Balaban J connectivity index is 2.21. The third-order valence-corrected chi connectivity index (χ3v) is 3.19. The Morgan fingerprint density at radius 1 is 1.32 bits per heavy atom. The predicted octanol–water partition coefficient (Wildman–Crippen LogP) is 4.63. The second-order valence-corrected chi connectivity index (χ2v) is 5.17. The Hall–Kier alpha value is -1.39. The van der Waals surface area contributed by atoms with Gasteiger partial charge in [0, 0.05) is 4.47 Å². The molecule has 0 unspecified atom stereocenters. The maximum atomic E-state index is 13.2. The lowest BCUT2D eigenvalue weighted by Crippen LogP contribution is -1.99. The van der Waals surface area contributed by atoms with E-state index in [1.807, 2.05) is 0 Å². The van der Waals surface area contributed by atoms with E-state index in [2.05, 4.69) is 15.9 Å². The van der Waals surface area contributed by atoms with E-state index in [4.69, 9.17) is 16.3 Å². The summed E-state index contributed by atoms with van der Waals surface area (Å²) in [7, 11) is 0. The molecule has 0 aliphatic rings. The lowest BCUT2D eigenvalue weighted by atomic mass is 10.2.